The van der Waals surface area contributed by atoms with Crippen LogP contribution in [0.15, 0.2) is 37.5 Å². The first kappa shape index (κ1) is 20.5. The minimum absolute atomic E-state index is 0. The number of ether oxygens (including phenoxy) is 2. The van der Waals surface area contributed by atoms with Gasteiger partial charge in [-0.15, -0.1) is 13.2 Å². The molecule has 0 heterocycles. The molecule has 2 nitrogen and oxygen atoms in total. The minimum atomic E-state index is 0. The Hall–Kier alpha value is -0.860. The van der Waals surface area contributed by atoms with Gasteiger partial charge in [-0.3, -0.25) is 0 Å². The van der Waals surface area contributed by atoms with Crippen LogP contribution in [-0.4, -0.2) is 26.4 Å². The molecule has 2 heteroatoms. The quantitative estimate of drug-likeness (QED) is 0.621. The van der Waals surface area contributed by atoms with E-state index >= 15 is 0 Å². The van der Waals surface area contributed by atoms with Crippen LogP contribution in [-0.2, 0) is 9.47 Å². The van der Waals surface area contributed by atoms with E-state index in [0.717, 1.165) is 25.7 Å². The molecule has 0 aromatic rings. The van der Waals surface area contributed by atoms with Gasteiger partial charge in [0.25, 0.3) is 0 Å². The smallest absolute Gasteiger partial charge is 0.0640 e. The number of methoxy groups -OCH3 is 2. The van der Waals surface area contributed by atoms with Gasteiger partial charge in [0.2, 0.25) is 0 Å². The second-order valence-corrected chi connectivity index (χ2v) is 3.71. The molecule has 0 bridgehead atoms. The minimum Gasteiger partial charge on any atom is -0.381 e. The molecule has 0 saturated heterocycles. The lowest BCUT2D eigenvalue weighted by Gasteiger charge is -2.08. The van der Waals surface area contributed by atoms with Crippen LogP contribution in [0.4, 0.5) is 0 Å². The highest BCUT2D eigenvalue weighted by Crippen LogP contribution is 2.11. The second-order valence-electron chi connectivity index (χ2n) is 3.71. The van der Waals surface area contributed by atoms with Crippen LogP contribution in [0.5, 0.6) is 0 Å². The van der Waals surface area contributed by atoms with Crippen molar-refractivity contribution >= 4 is 0 Å². The first-order valence-corrected chi connectivity index (χ1v) is 6.41. The monoisotopic (exact) mass is 271 g/mol. The van der Waals surface area contributed by atoms with Crippen molar-refractivity contribution in [2.75, 3.05) is 14.2 Å². The van der Waals surface area contributed by atoms with Gasteiger partial charge in [-0.2, -0.15) is 0 Å². The van der Waals surface area contributed by atoms with Crippen molar-refractivity contribution in [2.24, 2.45) is 0 Å². The molecule has 19 heavy (non-hydrogen) atoms. The predicted molar refractivity (Wildman–Crippen MR) is 87.7 cm³/mol. The molecule has 0 spiro atoms. The average molecular weight is 271 g/mol. The van der Waals surface area contributed by atoms with Crippen LogP contribution in [0, 0.1) is 0 Å². The Kier molecular flexibility index (Phi) is 21.0. The van der Waals surface area contributed by atoms with Crippen LogP contribution < -0.4 is 0 Å². The fourth-order valence-electron chi connectivity index (χ4n) is 1.45. The molecule has 0 atom stereocenters. The van der Waals surface area contributed by atoms with E-state index < -0.39 is 0 Å². The van der Waals surface area contributed by atoms with Crippen molar-refractivity contribution in [3.63, 3.8) is 0 Å². The largest absolute Gasteiger partial charge is 0.381 e. The summed E-state index contributed by atoms with van der Waals surface area (Å²) in [7, 11) is 3.47. The van der Waals surface area contributed by atoms with E-state index in [2.05, 4.69) is 25.3 Å². The molecule has 0 amide bonds. The zero-order valence-electron chi connectivity index (χ0n) is 13.2. The first-order valence-electron chi connectivity index (χ1n) is 7.12. The molecule has 0 aliphatic heterocycles. The lowest BCUT2D eigenvalue weighted by atomic mass is 10.2. The highest BCUT2D eigenvalue weighted by atomic mass is 16.5. The average Bonchev–Trinajstić information content (AvgIpc) is 2.93. The van der Waals surface area contributed by atoms with Crippen molar-refractivity contribution in [3.05, 3.63) is 37.5 Å². The van der Waals surface area contributed by atoms with Gasteiger partial charge >= 0.3 is 0 Å². The van der Waals surface area contributed by atoms with E-state index in [1.807, 2.05) is 12.2 Å². The number of hydrogen-bond acceptors (Lipinski definition) is 2. The van der Waals surface area contributed by atoms with E-state index in [1.165, 1.54) is 0 Å². The zero-order valence-corrected chi connectivity index (χ0v) is 12.2. The van der Waals surface area contributed by atoms with Crippen molar-refractivity contribution in [1.82, 2.24) is 0 Å². The summed E-state index contributed by atoms with van der Waals surface area (Å²) in [5.41, 5.74) is 0. The Bertz CT molecular complexity index is 209. The van der Waals surface area contributed by atoms with Crippen molar-refractivity contribution in [2.45, 2.75) is 59.1 Å². The highest BCUT2D eigenvalue weighted by molar-refractivity contribution is 4.94. The normalized spacial score (nSPS) is 13.4. The van der Waals surface area contributed by atoms with Crippen molar-refractivity contribution in [1.29, 1.82) is 0 Å². The van der Waals surface area contributed by atoms with Crippen molar-refractivity contribution in [3.8, 4) is 0 Å². The molecule has 1 rings (SSSR count). The lowest BCUT2D eigenvalue weighted by molar-refractivity contribution is 0.108. The molecular formula is C17H34O2. The van der Waals surface area contributed by atoms with Gasteiger partial charge in [0, 0.05) is 15.6 Å². The van der Waals surface area contributed by atoms with Gasteiger partial charge in [-0.1, -0.05) is 45.6 Å². The number of rotatable bonds is 6. The van der Waals surface area contributed by atoms with Gasteiger partial charge in [-0.05, 0) is 25.7 Å². The van der Waals surface area contributed by atoms with Gasteiger partial charge in [0.1, 0.15) is 0 Å². The summed E-state index contributed by atoms with van der Waals surface area (Å²) in [5.74, 6) is 0. The SMILES string of the molecule is C.C=CCC(CC=C)OC.COC1CC=CC1.[2H]CC. The molecule has 0 fully saturated rings. The molecule has 1 aliphatic rings. The Morgan fingerprint density at radius 1 is 1.26 bits per heavy atom. The Labute approximate surface area is 122 Å². The van der Waals surface area contributed by atoms with Gasteiger partial charge in [0.05, 0.1) is 12.2 Å². The highest BCUT2D eigenvalue weighted by Gasteiger charge is 2.05. The molecule has 0 saturated carbocycles. The fraction of sp³-hybridized carbons (Fsp3) is 0.647. The topological polar surface area (TPSA) is 18.5 Å². The standard InChI is InChI=1S/C8H14O.C6H10O.C2H6.CH4/c1-4-6-8(9-3)7-5-2;1-7-6-4-2-3-5-6;1-2;/h4-5,8H,1-2,6-7H2,3H3;2-3,6H,4-5H2,1H3;1-2H3;1H4/i;;1D;. The summed E-state index contributed by atoms with van der Waals surface area (Å²) in [6.07, 6.45) is 12.8. The Morgan fingerprint density at radius 2 is 1.68 bits per heavy atom. The molecule has 1 aliphatic carbocycles. The third kappa shape index (κ3) is 15.1. The summed E-state index contributed by atoms with van der Waals surface area (Å²) in [6, 6.07) is 0. The molecule has 0 N–H and O–H groups in total. The maximum Gasteiger partial charge on any atom is 0.0640 e. The van der Waals surface area contributed by atoms with E-state index in [4.69, 9.17) is 10.8 Å². The Balaban J connectivity index is -0.000000235. The summed E-state index contributed by atoms with van der Waals surface area (Å²) < 4.78 is 16.3. The van der Waals surface area contributed by atoms with Gasteiger partial charge in [0.15, 0.2) is 0 Å². The van der Waals surface area contributed by atoms with Crippen LogP contribution in [0.3, 0.4) is 0 Å². The second kappa shape index (κ2) is 19.5. The summed E-state index contributed by atoms with van der Waals surface area (Å²) in [5, 5.41) is 0. The predicted octanol–water partition coefficient (Wildman–Crippen LogP) is 5.17. The molecule has 0 aromatic heterocycles. The number of hydrogen-bond donors (Lipinski definition) is 0. The third-order valence-corrected chi connectivity index (χ3v) is 2.49. The van der Waals surface area contributed by atoms with Crippen LogP contribution in [0.1, 0.15) is 48.3 Å². The molecule has 0 aromatic carbocycles. The van der Waals surface area contributed by atoms with Crippen LogP contribution in [0.25, 0.3) is 0 Å². The maximum atomic E-state index is 6.21. The van der Waals surface area contributed by atoms with E-state index in [-0.39, 0.29) is 13.5 Å². The molecule has 0 unspecified atom stereocenters. The first-order chi connectivity index (χ1) is 9.19. The van der Waals surface area contributed by atoms with Crippen molar-refractivity contribution < 1.29 is 10.8 Å². The fourth-order valence-corrected chi connectivity index (χ4v) is 1.45. The van der Waals surface area contributed by atoms with Crippen LogP contribution >= 0.6 is 0 Å². The van der Waals surface area contributed by atoms with Gasteiger partial charge in [-0.25, -0.2) is 0 Å². The molecule has 0 radical (unpaired) electrons. The van der Waals surface area contributed by atoms with E-state index in [0.29, 0.717) is 13.0 Å². The van der Waals surface area contributed by atoms with E-state index in [1.54, 1.807) is 21.1 Å². The summed E-state index contributed by atoms with van der Waals surface area (Å²) in [6.45, 7) is 9.52. The summed E-state index contributed by atoms with van der Waals surface area (Å²) in [4.78, 5) is 0. The lowest BCUT2D eigenvalue weighted by Crippen LogP contribution is -2.06. The zero-order chi connectivity index (χ0) is 14.9. The summed E-state index contributed by atoms with van der Waals surface area (Å²) >= 11 is 0. The van der Waals surface area contributed by atoms with Gasteiger partial charge < -0.3 is 9.47 Å². The molecular weight excluding hydrogens is 236 g/mol. The maximum absolute atomic E-state index is 6.21. The Morgan fingerprint density at radius 3 is 1.89 bits per heavy atom. The molecule has 114 valence electrons. The van der Waals surface area contributed by atoms with Crippen LogP contribution in [0.2, 0.25) is 0 Å². The van der Waals surface area contributed by atoms with E-state index in [9.17, 15) is 0 Å². The third-order valence-electron chi connectivity index (χ3n) is 2.49.